The molecule has 0 radical (unpaired) electrons. The predicted octanol–water partition coefficient (Wildman–Crippen LogP) is 4.37. The van der Waals surface area contributed by atoms with Gasteiger partial charge in [-0.1, -0.05) is 29.3 Å². The van der Waals surface area contributed by atoms with Crippen LogP contribution >= 0.6 is 23.2 Å². The molecule has 2 aromatic rings. The molecule has 0 saturated heterocycles. The molecule has 0 aromatic heterocycles. The number of carbonyl (C=O) groups excluding carboxylic acids is 2. The van der Waals surface area contributed by atoms with Crippen molar-refractivity contribution in [3.8, 4) is 0 Å². The Morgan fingerprint density at radius 2 is 1.53 bits per heavy atom. The van der Waals surface area contributed by atoms with Crippen LogP contribution in [0.4, 0.5) is 0 Å². The molecule has 19 heavy (non-hydrogen) atoms. The van der Waals surface area contributed by atoms with E-state index in [1.807, 2.05) is 6.92 Å². The summed E-state index contributed by atoms with van der Waals surface area (Å²) < 4.78 is 0. The molecular weight excluding hydrogens is 283 g/mol. The molecule has 0 fully saturated rings. The zero-order valence-corrected chi connectivity index (χ0v) is 11.6. The van der Waals surface area contributed by atoms with Gasteiger partial charge in [0.1, 0.15) is 0 Å². The number of hydrogen-bond acceptors (Lipinski definition) is 2. The van der Waals surface area contributed by atoms with Crippen molar-refractivity contribution in [2.75, 3.05) is 0 Å². The van der Waals surface area contributed by atoms with Crippen molar-refractivity contribution in [2.45, 2.75) is 6.92 Å². The number of Topliss-reactive ketones (excluding diaryl/α,β-unsaturated/α-hetero) is 2. The lowest BCUT2D eigenvalue weighted by molar-refractivity contribution is 0.0817. The van der Waals surface area contributed by atoms with E-state index in [0.717, 1.165) is 5.56 Å². The van der Waals surface area contributed by atoms with Crippen molar-refractivity contribution >= 4 is 34.8 Å². The standard InChI is InChI=1S/C15H10Cl2O2/c1-9-2-7-12(13(17)8-9)15(19)14(18)10-3-5-11(16)6-4-10/h2-8H,1H3. The van der Waals surface area contributed by atoms with Crippen molar-refractivity contribution in [2.24, 2.45) is 0 Å². The van der Waals surface area contributed by atoms with E-state index in [1.165, 1.54) is 12.1 Å². The summed E-state index contributed by atoms with van der Waals surface area (Å²) in [6.45, 7) is 1.86. The Kier molecular flexibility index (Phi) is 4.03. The fourth-order valence-electron chi connectivity index (χ4n) is 1.66. The molecule has 2 aromatic carbocycles. The highest BCUT2D eigenvalue weighted by molar-refractivity contribution is 6.52. The van der Waals surface area contributed by atoms with Gasteiger partial charge in [-0.25, -0.2) is 0 Å². The Bertz CT molecular complexity index is 646. The SMILES string of the molecule is Cc1ccc(C(=O)C(=O)c2ccc(Cl)cc2)c(Cl)c1. The molecule has 0 N–H and O–H groups in total. The van der Waals surface area contributed by atoms with E-state index in [4.69, 9.17) is 23.2 Å². The Morgan fingerprint density at radius 1 is 0.895 bits per heavy atom. The van der Waals surface area contributed by atoms with Crippen molar-refractivity contribution in [1.29, 1.82) is 0 Å². The van der Waals surface area contributed by atoms with Crippen LogP contribution in [-0.4, -0.2) is 11.6 Å². The van der Waals surface area contributed by atoms with Crippen LogP contribution in [0, 0.1) is 6.92 Å². The number of hydrogen-bond donors (Lipinski definition) is 0. The lowest BCUT2D eigenvalue weighted by Gasteiger charge is -2.04. The molecule has 0 unspecified atom stereocenters. The van der Waals surface area contributed by atoms with Gasteiger partial charge >= 0.3 is 0 Å². The number of carbonyl (C=O) groups is 2. The fourth-order valence-corrected chi connectivity index (χ4v) is 2.11. The third-order valence-corrected chi connectivity index (χ3v) is 3.25. The van der Waals surface area contributed by atoms with E-state index in [1.54, 1.807) is 30.3 Å². The van der Waals surface area contributed by atoms with Crippen molar-refractivity contribution < 1.29 is 9.59 Å². The number of halogens is 2. The largest absolute Gasteiger partial charge is 0.285 e. The lowest BCUT2D eigenvalue weighted by atomic mass is 10.0. The van der Waals surface area contributed by atoms with Crippen LogP contribution in [0.25, 0.3) is 0 Å². The van der Waals surface area contributed by atoms with Crippen LogP contribution in [0.3, 0.4) is 0 Å². The minimum absolute atomic E-state index is 0.215. The smallest absolute Gasteiger partial charge is 0.235 e. The van der Waals surface area contributed by atoms with Gasteiger partial charge in [0.05, 0.1) is 5.02 Å². The summed E-state index contributed by atoms with van der Waals surface area (Å²) in [5.74, 6) is -1.21. The molecule has 0 aliphatic heterocycles. The first kappa shape index (κ1) is 13.8. The molecule has 4 heteroatoms. The predicted molar refractivity (Wildman–Crippen MR) is 76.3 cm³/mol. The second-order valence-corrected chi connectivity index (χ2v) is 4.99. The summed E-state index contributed by atoms with van der Waals surface area (Å²) in [4.78, 5) is 24.1. The van der Waals surface area contributed by atoms with Gasteiger partial charge in [-0.15, -0.1) is 0 Å². The second kappa shape index (κ2) is 5.55. The summed E-state index contributed by atoms with van der Waals surface area (Å²) >= 11 is 11.7. The summed E-state index contributed by atoms with van der Waals surface area (Å²) in [7, 11) is 0. The average molecular weight is 293 g/mol. The molecule has 0 atom stereocenters. The molecule has 0 spiro atoms. The van der Waals surface area contributed by atoms with Gasteiger partial charge in [0.2, 0.25) is 11.6 Å². The topological polar surface area (TPSA) is 34.1 Å². The highest BCUT2D eigenvalue weighted by atomic mass is 35.5. The van der Waals surface area contributed by atoms with E-state index in [0.29, 0.717) is 10.6 Å². The normalized spacial score (nSPS) is 10.3. The van der Waals surface area contributed by atoms with Gasteiger partial charge < -0.3 is 0 Å². The third kappa shape index (κ3) is 3.03. The number of aryl methyl sites for hydroxylation is 1. The van der Waals surface area contributed by atoms with E-state index in [-0.39, 0.29) is 10.6 Å². The summed E-state index contributed by atoms with van der Waals surface area (Å²) in [6, 6.07) is 11.1. The summed E-state index contributed by atoms with van der Waals surface area (Å²) in [6.07, 6.45) is 0. The Morgan fingerprint density at radius 3 is 2.11 bits per heavy atom. The van der Waals surface area contributed by atoms with Crippen molar-refractivity contribution in [3.05, 3.63) is 69.2 Å². The molecule has 0 heterocycles. The molecule has 0 aliphatic carbocycles. The highest BCUT2D eigenvalue weighted by Gasteiger charge is 2.20. The van der Waals surface area contributed by atoms with Crippen LogP contribution in [0.2, 0.25) is 10.0 Å². The molecular formula is C15H10Cl2O2. The van der Waals surface area contributed by atoms with Gasteiger partial charge in [-0.2, -0.15) is 0 Å². The van der Waals surface area contributed by atoms with Crippen LogP contribution in [0.1, 0.15) is 26.3 Å². The van der Waals surface area contributed by atoms with E-state index < -0.39 is 11.6 Å². The van der Waals surface area contributed by atoms with Crippen LogP contribution in [0.15, 0.2) is 42.5 Å². The lowest BCUT2D eigenvalue weighted by Crippen LogP contribution is -2.14. The number of ketones is 2. The maximum absolute atomic E-state index is 12.1. The third-order valence-electron chi connectivity index (χ3n) is 2.68. The Hall–Kier alpha value is -1.64. The highest BCUT2D eigenvalue weighted by Crippen LogP contribution is 2.20. The minimum atomic E-state index is -0.618. The minimum Gasteiger partial charge on any atom is -0.285 e. The molecule has 0 amide bonds. The van der Waals surface area contributed by atoms with Gasteiger partial charge in [0.25, 0.3) is 0 Å². The molecule has 0 aliphatic rings. The first-order valence-corrected chi connectivity index (χ1v) is 6.35. The number of rotatable bonds is 3. The molecule has 96 valence electrons. The maximum Gasteiger partial charge on any atom is 0.235 e. The van der Waals surface area contributed by atoms with E-state index in [9.17, 15) is 9.59 Å². The van der Waals surface area contributed by atoms with Crippen LogP contribution < -0.4 is 0 Å². The zero-order valence-electron chi connectivity index (χ0n) is 10.1. The zero-order chi connectivity index (χ0) is 14.0. The van der Waals surface area contributed by atoms with Gasteiger partial charge in [-0.05, 0) is 48.9 Å². The first-order chi connectivity index (χ1) is 8.99. The summed E-state index contributed by atoms with van der Waals surface area (Å²) in [5, 5.41) is 0.796. The fraction of sp³-hybridized carbons (Fsp3) is 0.0667. The van der Waals surface area contributed by atoms with Gasteiger partial charge in [-0.3, -0.25) is 9.59 Å². The van der Waals surface area contributed by atoms with Gasteiger partial charge in [0, 0.05) is 16.1 Å². The molecule has 2 nitrogen and oxygen atoms in total. The molecule has 0 saturated carbocycles. The first-order valence-electron chi connectivity index (χ1n) is 5.60. The van der Waals surface area contributed by atoms with E-state index in [2.05, 4.69) is 0 Å². The van der Waals surface area contributed by atoms with E-state index >= 15 is 0 Å². The van der Waals surface area contributed by atoms with Crippen LogP contribution in [0.5, 0.6) is 0 Å². The monoisotopic (exact) mass is 292 g/mol. The Balaban J connectivity index is 2.33. The molecule has 2 rings (SSSR count). The molecule has 0 bridgehead atoms. The quantitative estimate of drug-likeness (QED) is 0.622. The summed E-state index contributed by atoms with van der Waals surface area (Å²) in [5.41, 5.74) is 1.44. The average Bonchev–Trinajstić information content (AvgIpc) is 2.38. The maximum atomic E-state index is 12.1. The number of benzene rings is 2. The van der Waals surface area contributed by atoms with Crippen LogP contribution in [-0.2, 0) is 0 Å². The van der Waals surface area contributed by atoms with Crippen molar-refractivity contribution in [1.82, 2.24) is 0 Å². The van der Waals surface area contributed by atoms with Crippen molar-refractivity contribution in [3.63, 3.8) is 0 Å². The van der Waals surface area contributed by atoms with Gasteiger partial charge in [0.15, 0.2) is 0 Å². The Labute approximate surface area is 121 Å². The second-order valence-electron chi connectivity index (χ2n) is 4.15.